The summed E-state index contributed by atoms with van der Waals surface area (Å²) in [6.07, 6.45) is 7.42. The summed E-state index contributed by atoms with van der Waals surface area (Å²) in [4.78, 5) is 13.1. The van der Waals surface area contributed by atoms with Crippen LogP contribution < -0.4 is 4.90 Å². The largest absolute Gasteiger partial charge is 0.395 e. The monoisotopic (exact) mass is 278 g/mol. The highest BCUT2D eigenvalue weighted by atomic mass is 16.5. The van der Waals surface area contributed by atoms with Gasteiger partial charge >= 0.3 is 0 Å². The zero-order valence-electron chi connectivity index (χ0n) is 11.7. The normalized spacial score (nSPS) is 27.9. The van der Waals surface area contributed by atoms with Gasteiger partial charge in [-0.1, -0.05) is 0 Å². The lowest BCUT2D eigenvalue weighted by Crippen LogP contribution is -2.60. The van der Waals surface area contributed by atoms with Crippen molar-refractivity contribution in [2.24, 2.45) is 0 Å². The Bertz CT molecular complexity index is 424. The molecule has 6 nitrogen and oxygen atoms in total. The van der Waals surface area contributed by atoms with E-state index in [1.54, 1.807) is 12.4 Å². The molecule has 1 N–H and O–H groups in total. The molecule has 20 heavy (non-hydrogen) atoms. The number of rotatable bonds is 3. The third-order valence-corrected chi connectivity index (χ3v) is 4.16. The van der Waals surface area contributed by atoms with Crippen molar-refractivity contribution in [2.45, 2.75) is 18.4 Å². The van der Waals surface area contributed by atoms with E-state index in [2.05, 4.69) is 19.8 Å². The number of hydrogen-bond donors (Lipinski definition) is 1. The maximum Gasteiger partial charge on any atom is 0.147 e. The first-order valence-corrected chi connectivity index (χ1v) is 7.29. The van der Waals surface area contributed by atoms with Gasteiger partial charge in [-0.25, -0.2) is 4.98 Å². The predicted octanol–water partition coefficient (Wildman–Crippen LogP) is 0.140. The van der Waals surface area contributed by atoms with Gasteiger partial charge in [0.1, 0.15) is 5.82 Å². The fourth-order valence-electron chi connectivity index (χ4n) is 3.25. The maximum absolute atomic E-state index is 9.12. The van der Waals surface area contributed by atoms with Crippen LogP contribution in [0.25, 0.3) is 0 Å². The van der Waals surface area contributed by atoms with Gasteiger partial charge in [0, 0.05) is 45.1 Å². The molecule has 0 bridgehead atoms. The lowest BCUT2D eigenvalue weighted by atomic mass is 9.90. The zero-order valence-corrected chi connectivity index (χ0v) is 11.7. The molecule has 1 spiro atoms. The van der Waals surface area contributed by atoms with Gasteiger partial charge < -0.3 is 14.7 Å². The Labute approximate surface area is 119 Å². The molecule has 0 aromatic carbocycles. The predicted molar refractivity (Wildman–Crippen MR) is 75.7 cm³/mol. The fourth-order valence-corrected chi connectivity index (χ4v) is 3.25. The molecule has 2 aliphatic heterocycles. The average molecular weight is 278 g/mol. The molecule has 3 heterocycles. The van der Waals surface area contributed by atoms with Crippen molar-refractivity contribution in [2.75, 3.05) is 50.8 Å². The highest BCUT2D eigenvalue weighted by Gasteiger charge is 2.40. The number of ether oxygens (including phenoxy) is 1. The molecule has 3 rings (SSSR count). The highest BCUT2D eigenvalue weighted by Crippen LogP contribution is 2.30. The van der Waals surface area contributed by atoms with Gasteiger partial charge in [0.05, 0.1) is 25.0 Å². The Morgan fingerprint density at radius 2 is 2.25 bits per heavy atom. The van der Waals surface area contributed by atoms with Gasteiger partial charge in [0.15, 0.2) is 0 Å². The lowest BCUT2D eigenvalue weighted by molar-refractivity contribution is -0.116. The Morgan fingerprint density at radius 3 is 3.05 bits per heavy atom. The minimum Gasteiger partial charge on any atom is -0.395 e. The van der Waals surface area contributed by atoms with Gasteiger partial charge in [0.25, 0.3) is 0 Å². The zero-order chi connectivity index (χ0) is 13.8. The minimum atomic E-state index is -0.122. The number of aromatic nitrogens is 2. The summed E-state index contributed by atoms with van der Waals surface area (Å²) < 4.78 is 6.12. The van der Waals surface area contributed by atoms with Crippen LogP contribution in [-0.2, 0) is 4.74 Å². The first-order valence-electron chi connectivity index (χ1n) is 7.29. The van der Waals surface area contributed by atoms with E-state index in [-0.39, 0.29) is 12.2 Å². The quantitative estimate of drug-likeness (QED) is 0.848. The molecule has 2 fully saturated rings. The standard InChI is InChI=1S/C14H22N4O2/c19-8-6-17-7-9-20-14(11-17)2-1-5-18(12-14)13-10-15-3-4-16-13/h3-4,10,19H,1-2,5-9,11-12H2/t14-/m1/s1. The second-order valence-electron chi connectivity index (χ2n) is 5.62. The smallest absolute Gasteiger partial charge is 0.147 e. The number of β-amino-alcohol motifs (C(OH)–C–C–N with tert-alkyl or cyclic N) is 1. The number of morpholine rings is 1. The Hall–Kier alpha value is -1.24. The summed E-state index contributed by atoms with van der Waals surface area (Å²) >= 11 is 0. The molecule has 1 atom stereocenters. The van der Waals surface area contributed by atoms with Crippen LogP contribution in [-0.4, -0.2) is 71.5 Å². The van der Waals surface area contributed by atoms with E-state index in [0.717, 1.165) is 58.0 Å². The number of hydrogen-bond acceptors (Lipinski definition) is 6. The van der Waals surface area contributed by atoms with E-state index >= 15 is 0 Å². The van der Waals surface area contributed by atoms with Gasteiger partial charge in [-0.15, -0.1) is 0 Å². The molecule has 0 amide bonds. The van der Waals surface area contributed by atoms with Crippen LogP contribution in [0.5, 0.6) is 0 Å². The van der Waals surface area contributed by atoms with Crippen LogP contribution in [0.4, 0.5) is 5.82 Å². The van der Waals surface area contributed by atoms with Gasteiger partial charge in [-0.2, -0.15) is 0 Å². The molecule has 1 aromatic rings. The molecule has 2 aliphatic rings. The number of nitrogens with zero attached hydrogens (tertiary/aromatic N) is 4. The molecule has 0 unspecified atom stereocenters. The summed E-state index contributed by atoms with van der Waals surface area (Å²) in [5.74, 6) is 0.925. The van der Waals surface area contributed by atoms with E-state index in [1.807, 2.05) is 6.20 Å². The van der Waals surface area contributed by atoms with Gasteiger partial charge in [0.2, 0.25) is 0 Å². The van der Waals surface area contributed by atoms with Crippen molar-refractivity contribution in [3.63, 3.8) is 0 Å². The van der Waals surface area contributed by atoms with E-state index in [0.29, 0.717) is 0 Å². The van der Waals surface area contributed by atoms with Gasteiger partial charge in [-0.05, 0) is 12.8 Å². The summed E-state index contributed by atoms with van der Waals surface area (Å²) in [7, 11) is 0. The van der Waals surface area contributed by atoms with E-state index in [4.69, 9.17) is 9.84 Å². The van der Waals surface area contributed by atoms with Crippen LogP contribution >= 0.6 is 0 Å². The van der Waals surface area contributed by atoms with Crippen molar-refractivity contribution in [3.05, 3.63) is 18.6 Å². The van der Waals surface area contributed by atoms with Crippen molar-refractivity contribution in [1.82, 2.24) is 14.9 Å². The highest BCUT2D eigenvalue weighted by molar-refractivity contribution is 5.36. The van der Waals surface area contributed by atoms with Crippen molar-refractivity contribution in [1.29, 1.82) is 0 Å². The third kappa shape index (κ3) is 2.92. The second kappa shape index (κ2) is 6.03. The molecule has 0 saturated carbocycles. The van der Waals surface area contributed by atoms with Crippen LogP contribution in [0.1, 0.15) is 12.8 Å². The summed E-state index contributed by atoms with van der Waals surface area (Å²) in [5, 5.41) is 9.12. The number of aliphatic hydroxyl groups excluding tert-OH is 1. The van der Waals surface area contributed by atoms with E-state index < -0.39 is 0 Å². The summed E-state index contributed by atoms with van der Waals surface area (Å²) in [6.45, 7) is 5.35. The fraction of sp³-hybridized carbons (Fsp3) is 0.714. The first-order chi connectivity index (χ1) is 9.81. The van der Waals surface area contributed by atoms with Gasteiger partial charge in [-0.3, -0.25) is 9.88 Å². The van der Waals surface area contributed by atoms with Crippen LogP contribution in [0, 0.1) is 0 Å². The molecule has 2 saturated heterocycles. The molecule has 110 valence electrons. The SMILES string of the molecule is OCCN1CCO[C@]2(CCCN(c3cnccn3)C2)C1. The van der Waals surface area contributed by atoms with Crippen molar-refractivity contribution >= 4 is 5.82 Å². The molecule has 1 aromatic heterocycles. The topological polar surface area (TPSA) is 61.7 Å². The van der Waals surface area contributed by atoms with Crippen LogP contribution in [0.15, 0.2) is 18.6 Å². The number of piperidine rings is 1. The van der Waals surface area contributed by atoms with E-state index in [9.17, 15) is 0 Å². The Kier molecular flexibility index (Phi) is 4.14. The van der Waals surface area contributed by atoms with Crippen LogP contribution in [0.2, 0.25) is 0 Å². The number of aliphatic hydroxyl groups is 1. The summed E-state index contributed by atoms with van der Waals surface area (Å²) in [5.41, 5.74) is -0.122. The first kappa shape index (κ1) is 13.7. The Balaban J connectivity index is 1.70. The molecule has 6 heteroatoms. The number of anilines is 1. The van der Waals surface area contributed by atoms with Crippen LogP contribution in [0.3, 0.4) is 0 Å². The molecule has 0 aliphatic carbocycles. The Morgan fingerprint density at radius 1 is 1.30 bits per heavy atom. The van der Waals surface area contributed by atoms with E-state index in [1.165, 1.54) is 0 Å². The maximum atomic E-state index is 9.12. The third-order valence-electron chi connectivity index (χ3n) is 4.16. The van der Waals surface area contributed by atoms with Crippen molar-refractivity contribution < 1.29 is 9.84 Å². The second-order valence-corrected chi connectivity index (χ2v) is 5.62. The average Bonchev–Trinajstić information content (AvgIpc) is 2.49. The molecular weight excluding hydrogens is 256 g/mol. The molecule has 0 radical (unpaired) electrons. The lowest BCUT2D eigenvalue weighted by Gasteiger charge is -2.48. The van der Waals surface area contributed by atoms with Crippen molar-refractivity contribution in [3.8, 4) is 0 Å². The summed E-state index contributed by atoms with van der Waals surface area (Å²) in [6, 6.07) is 0. The molecular formula is C14H22N4O2. The minimum absolute atomic E-state index is 0.122.